The molecule has 1 aromatic heterocycles. The zero-order valence-corrected chi connectivity index (χ0v) is 13.5. The summed E-state index contributed by atoms with van der Waals surface area (Å²) in [5.41, 5.74) is 0.663. The van der Waals surface area contributed by atoms with Gasteiger partial charge in [0.1, 0.15) is 5.82 Å². The van der Waals surface area contributed by atoms with Gasteiger partial charge in [-0.1, -0.05) is 13.8 Å². The molecule has 0 saturated carbocycles. The van der Waals surface area contributed by atoms with E-state index in [9.17, 15) is 9.59 Å². The monoisotopic (exact) mass is 304 g/mol. The van der Waals surface area contributed by atoms with Crippen molar-refractivity contribution < 1.29 is 9.59 Å². The zero-order valence-electron chi connectivity index (χ0n) is 13.5. The fourth-order valence-electron chi connectivity index (χ4n) is 2.35. The van der Waals surface area contributed by atoms with Crippen LogP contribution >= 0.6 is 0 Å². The number of pyridine rings is 1. The average molecular weight is 304 g/mol. The quantitative estimate of drug-likeness (QED) is 0.878. The third kappa shape index (κ3) is 3.96. The molecule has 0 aliphatic carbocycles. The van der Waals surface area contributed by atoms with Gasteiger partial charge in [0.05, 0.1) is 11.9 Å². The normalized spacial score (nSPS) is 14.8. The van der Waals surface area contributed by atoms with Gasteiger partial charge in [0.15, 0.2) is 0 Å². The lowest BCUT2D eigenvalue weighted by Gasteiger charge is -2.16. The van der Waals surface area contributed by atoms with Crippen LogP contribution in [0.25, 0.3) is 0 Å². The van der Waals surface area contributed by atoms with Gasteiger partial charge in [-0.2, -0.15) is 0 Å². The van der Waals surface area contributed by atoms with Gasteiger partial charge in [0, 0.05) is 26.1 Å². The van der Waals surface area contributed by atoms with E-state index < -0.39 is 0 Å². The van der Waals surface area contributed by atoms with Crippen LogP contribution in [-0.4, -0.2) is 41.5 Å². The zero-order chi connectivity index (χ0) is 16.1. The summed E-state index contributed by atoms with van der Waals surface area (Å²) in [6.45, 7) is 8.24. The van der Waals surface area contributed by atoms with Gasteiger partial charge in [-0.3, -0.25) is 9.69 Å². The maximum absolute atomic E-state index is 12.1. The van der Waals surface area contributed by atoms with Crippen molar-refractivity contribution in [2.45, 2.75) is 33.6 Å². The average Bonchev–Trinajstić information content (AvgIpc) is 2.87. The number of aromatic nitrogens is 1. The topological polar surface area (TPSA) is 65.5 Å². The predicted octanol–water partition coefficient (Wildman–Crippen LogP) is 2.72. The van der Waals surface area contributed by atoms with Gasteiger partial charge in [-0.25, -0.2) is 9.78 Å². The highest BCUT2D eigenvalue weighted by Crippen LogP contribution is 2.19. The van der Waals surface area contributed by atoms with Crippen LogP contribution in [-0.2, 0) is 4.79 Å². The highest BCUT2D eigenvalue weighted by molar-refractivity contribution is 5.94. The van der Waals surface area contributed by atoms with Crippen LogP contribution in [0.5, 0.6) is 0 Å². The van der Waals surface area contributed by atoms with Crippen LogP contribution in [0.15, 0.2) is 18.3 Å². The Balaban J connectivity index is 1.93. The summed E-state index contributed by atoms with van der Waals surface area (Å²) >= 11 is 0. The lowest BCUT2D eigenvalue weighted by molar-refractivity contribution is -0.116. The summed E-state index contributed by atoms with van der Waals surface area (Å²) in [6, 6.07) is 3.55. The first-order chi connectivity index (χ1) is 10.5. The molecule has 2 rings (SSSR count). The van der Waals surface area contributed by atoms with Crippen LogP contribution < -0.4 is 10.2 Å². The number of amides is 3. The summed E-state index contributed by atoms with van der Waals surface area (Å²) in [6.07, 6.45) is 2.98. The second-order valence-electron chi connectivity index (χ2n) is 5.90. The minimum absolute atomic E-state index is 0.00217. The van der Waals surface area contributed by atoms with Crippen LogP contribution in [0.2, 0.25) is 0 Å². The van der Waals surface area contributed by atoms with Gasteiger partial charge in [0.2, 0.25) is 5.91 Å². The van der Waals surface area contributed by atoms with Gasteiger partial charge in [-0.15, -0.1) is 0 Å². The fourth-order valence-corrected chi connectivity index (χ4v) is 2.35. The maximum Gasteiger partial charge on any atom is 0.325 e. The van der Waals surface area contributed by atoms with Crippen LogP contribution in [0.4, 0.5) is 16.3 Å². The van der Waals surface area contributed by atoms with Crippen molar-refractivity contribution in [1.29, 1.82) is 0 Å². The smallest absolute Gasteiger partial charge is 0.325 e. The summed E-state index contributed by atoms with van der Waals surface area (Å²) in [4.78, 5) is 31.6. The van der Waals surface area contributed by atoms with Crippen molar-refractivity contribution in [2.75, 3.05) is 29.9 Å². The largest absolute Gasteiger partial charge is 0.325 e. The number of hydrogen-bond acceptors (Lipinski definition) is 3. The minimum atomic E-state index is -0.0104. The number of nitrogens with zero attached hydrogens (tertiary/aromatic N) is 3. The molecule has 0 unspecified atom stereocenters. The summed E-state index contributed by atoms with van der Waals surface area (Å²) in [7, 11) is 0. The summed E-state index contributed by atoms with van der Waals surface area (Å²) in [5, 5.41) is 2.83. The van der Waals surface area contributed by atoms with Gasteiger partial charge < -0.3 is 10.2 Å². The molecule has 0 atom stereocenters. The van der Waals surface area contributed by atoms with Crippen molar-refractivity contribution >= 4 is 23.4 Å². The second kappa shape index (κ2) is 7.24. The molecule has 1 saturated heterocycles. The molecule has 1 aliphatic heterocycles. The molecule has 0 aromatic carbocycles. The molecule has 22 heavy (non-hydrogen) atoms. The Morgan fingerprint density at radius 3 is 2.68 bits per heavy atom. The van der Waals surface area contributed by atoms with E-state index in [4.69, 9.17) is 0 Å². The standard InChI is InChI=1S/C16H24N4O2/c1-4-19-9-10-20(16(19)22)14-7-6-13(11-17-14)18-15(21)8-5-12(2)3/h6-7,11-12H,4-5,8-10H2,1-3H3,(H,18,21). The van der Waals surface area contributed by atoms with E-state index >= 15 is 0 Å². The molecule has 6 heteroatoms. The number of hydrogen-bond donors (Lipinski definition) is 1. The molecule has 2 heterocycles. The van der Waals surface area contributed by atoms with E-state index in [0.717, 1.165) is 13.0 Å². The number of urea groups is 1. The van der Waals surface area contributed by atoms with E-state index in [1.807, 2.05) is 6.92 Å². The number of carbonyl (C=O) groups excluding carboxylic acids is 2. The van der Waals surface area contributed by atoms with E-state index in [1.54, 1.807) is 28.1 Å². The van der Waals surface area contributed by atoms with Crippen LogP contribution in [0, 0.1) is 5.92 Å². The lowest BCUT2D eigenvalue weighted by atomic mass is 10.1. The first-order valence-electron chi connectivity index (χ1n) is 7.83. The SMILES string of the molecule is CCN1CCN(c2ccc(NC(=O)CCC(C)C)cn2)C1=O. The molecule has 0 spiro atoms. The number of likely N-dealkylation sites (N-methyl/N-ethyl adjacent to an activating group) is 1. The van der Waals surface area contributed by atoms with Crippen LogP contribution in [0.3, 0.4) is 0 Å². The molecule has 1 fully saturated rings. The summed E-state index contributed by atoms with van der Waals surface area (Å²) in [5.74, 6) is 1.13. The number of nitrogens with one attached hydrogen (secondary N) is 1. The van der Waals surface area contributed by atoms with Gasteiger partial charge in [-0.05, 0) is 31.4 Å². The highest BCUT2D eigenvalue weighted by Gasteiger charge is 2.28. The number of carbonyl (C=O) groups is 2. The third-order valence-corrected chi connectivity index (χ3v) is 3.73. The molecule has 1 aliphatic rings. The Labute approximate surface area is 131 Å². The van der Waals surface area contributed by atoms with Gasteiger partial charge in [0.25, 0.3) is 0 Å². The molecule has 0 radical (unpaired) electrons. The Kier molecular flexibility index (Phi) is 5.35. The van der Waals surface area contributed by atoms with E-state index in [0.29, 0.717) is 36.9 Å². The number of rotatable bonds is 6. The Bertz CT molecular complexity index is 527. The van der Waals surface area contributed by atoms with Crippen molar-refractivity contribution in [3.05, 3.63) is 18.3 Å². The molecule has 6 nitrogen and oxygen atoms in total. The highest BCUT2D eigenvalue weighted by atomic mass is 16.2. The molecule has 0 bridgehead atoms. The Morgan fingerprint density at radius 2 is 2.14 bits per heavy atom. The molecular formula is C16H24N4O2. The van der Waals surface area contributed by atoms with E-state index in [2.05, 4.69) is 24.1 Å². The summed E-state index contributed by atoms with van der Waals surface area (Å²) < 4.78 is 0. The van der Waals surface area contributed by atoms with Crippen LogP contribution in [0.1, 0.15) is 33.6 Å². The minimum Gasteiger partial charge on any atom is -0.325 e. The first-order valence-corrected chi connectivity index (χ1v) is 7.83. The third-order valence-electron chi connectivity index (χ3n) is 3.73. The Hall–Kier alpha value is -2.11. The van der Waals surface area contributed by atoms with Crippen molar-refractivity contribution in [2.24, 2.45) is 5.92 Å². The van der Waals surface area contributed by atoms with Gasteiger partial charge >= 0.3 is 6.03 Å². The second-order valence-corrected chi connectivity index (χ2v) is 5.90. The first kappa shape index (κ1) is 16.3. The van der Waals surface area contributed by atoms with Crippen molar-refractivity contribution in [3.63, 3.8) is 0 Å². The van der Waals surface area contributed by atoms with Crippen molar-refractivity contribution in [3.8, 4) is 0 Å². The predicted molar refractivity (Wildman–Crippen MR) is 86.9 cm³/mol. The maximum atomic E-state index is 12.1. The van der Waals surface area contributed by atoms with E-state index in [-0.39, 0.29) is 11.9 Å². The number of anilines is 2. The van der Waals surface area contributed by atoms with E-state index in [1.165, 1.54) is 0 Å². The molecule has 1 N–H and O–H groups in total. The molecule has 3 amide bonds. The fraction of sp³-hybridized carbons (Fsp3) is 0.562. The Morgan fingerprint density at radius 1 is 1.36 bits per heavy atom. The molecule has 120 valence electrons. The lowest BCUT2D eigenvalue weighted by Crippen LogP contribution is -2.32. The van der Waals surface area contributed by atoms with Crippen molar-refractivity contribution in [1.82, 2.24) is 9.88 Å². The molecular weight excluding hydrogens is 280 g/mol. The molecule has 1 aromatic rings.